The number of amides is 1. The van der Waals surface area contributed by atoms with E-state index in [1.165, 1.54) is 43.3 Å². The highest BCUT2D eigenvalue weighted by molar-refractivity contribution is 6.33. The molecule has 0 aromatic heterocycles. The van der Waals surface area contributed by atoms with Crippen LogP contribution in [0.3, 0.4) is 0 Å². The molecular weight excluding hydrogens is 371 g/mol. The van der Waals surface area contributed by atoms with Gasteiger partial charge in [-0.2, -0.15) is 13.2 Å². The van der Waals surface area contributed by atoms with Crippen LogP contribution in [0.5, 0.6) is 0 Å². The number of carboxylic acid groups (broad SMARTS) is 1. The van der Waals surface area contributed by atoms with E-state index in [1.54, 1.807) is 0 Å². The SMILES string of the molecule is CC(Cc1ccccc1C(F)(F)F)C(=O)Nc1cc(C(=O)O)ccc1Cl. The van der Waals surface area contributed by atoms with Crippen molar-refractivity contribution < 1.29 is 27.9 Å². The summed E-state index contributed by atoms with van der Waals surface area (Å²) in [5, 5.41) is 11.6. The van der Waals surface area contributed by atoms with E-state index in [0.717, 1.165) is 6.07 Å². The van der Waals surface area contributed by atoms with Crippen molar-refractivity contribution in [1.29, 1.82) is 0 Å². The van der Waals surface area contributed by atoms with E-state index in [1.807, 2.05) is 0 Å². The molecule has 2 aromatic rings. The monoisotopic (exact) mass is 385 g/mol. The number of hydrogen-bond acceptors (Lipinski definition) is 2. The maximum absolute atomic E-state index is 13.0. The van der Waals surface area contributed by atoms with Crippen LogP contribution >= 0.6 is 11.6 Å². The van der Waals surface area contributed by atoms with Crippen LogP contribution in [-0.4, -0.2) is 17.0 Å². The predicted molar refractivity (Wildman–Crippen MR) is 91.4 cm³/mol. The molecule has 2 rings (SSSR count). The Morgan fingerprint density at radius 1 is 1.19 bits per heavy atom. The van der Waals surface area contributed by atoms with Crippen molar-refractivity contribution in [2.24, 2.45) is 5.92 Å². The minimum Gasteiger partial charge on any atom is -0.478 e. The Morgan fingerprint density at radius 2 is 1.85 bits per heavy atom. The predicted octanol–water partition coefficient (Wildman–Crippen LogP) is 4.87. The lowest BCUT2D eigenvalue weighted by Gasteiger charge is -2.17. The molecule has 0 saturated carbocycles. The molecule has 1 atom stereocenters. The van der Waals surface area contributed by atoms with Crippen LogP contribution in [0, 0.1) is 5.92 Å². The van der Waals surface area contributed by atoms with E-state index in [4.69, 9.17) is 16.7 Å². The first-order valence-corrected chi connectivity index (χ1v) is 7.96. The highest BCUT2D eigenvalue weighted by Gasteiger charge is 2.33. The van der Waals surface area contributed by atoms with E-state index in [9.17, 15) is 22.8 Å². The first kappa shape index (κ1) is 19.8. The summed E-state index contributed by atoms with van der Waals surface area (Å²) < 4.78 is 39.1. The largest absolute Gasteiger partial charge is 0.478 e. The van der Waals surface area contributed by atoms with Crippen LogP contribution in [0.15, 0.2) is 42.5 Å². The number of rotatable bonds is 5. The molecule has 0 radical (unpaired) electrons. The van der Waals surface area contributed by atoms with Crippen LogP contribution in [-0.2, 0) is 17.4 Å². The summed E-state index contributed by atoms with van der Waals surface area (Å²) in [6.45, 7) is 1.48. The molecule has 8 heteroatoms. The molecule has 0 aliphatic rings. The van der Waals surface area contributed by atoms with Gasteiger partial charge in [-0.15, -0.1) is 0 Å². The molecule has 4 nitrogen and oxygen atoms in total. The van der Waals surface area contributed by atoms with E-state index in [-0.39, 0.29) is 28.3 Å². The van der Waals surface area contributed by atoms with E-state index in [0.29, 0.717) is 0 Å². The molecule has 2 aromatic carbocycles. The quantitative estimate of drug-likeness (QED) is 0.771. The molecule has 0 heterocycles. The lowest BCUT2D eigenvalue weighted by Crippen LogP contribution is -2.23. The zero-order chi connectivity index (χ0) is 19.5. The smallest absolute Gasteiger partial charge is 0.416 e. The number of carboxylic acids is 1. The molecule has 0 aliphatic heterocycles. The van der Waals surface area contributed by atoms with Crippen molar-refractivity contribution in [3.63, 3.8) is 0 Å². The fourth-order valence-corrected chi connectivity index (χ4v) is 2.57. The zero-order valence-electron chi connectivity index (χ0n) is 13.6. The number of carbonyl (C=O) groups is 2. The summed E-state index contributed by atoms with van der Waals surface area (Å²) in [4.78, 5) is 23.3. The average Bonchev–Trinajstić information content (AvgIpc) is 2.56. The van der Waals surface area contributed by atoms with E-state index < -0.39 is 29.5 Å². The van der Waals surface area contributed by atoms with Crippen molar-refractivity contribution >= 4 is 29.2 Å². The van der Waals surface area contributed by atoms with Crippen molar-refractivity contribution in [3.8, 4) is 0 Å². The molecular formula is C18H15ClF3NO3. The van der Waals surface area contributed by atoms with Crippen LogP contribution in [0.4, 0.5) is 18.9 Å². The molecule has 26 heavy (non-hydrogen) atoms. The van der Waals surface area contributed by atoms with Gasteiger partial charge in [-0.3, -0.25) is 4.79 Å². The van der Waals surface area contributed by atoms with Crippen molar-refractivity contribution in [3.05, 3.63) is 64.2 Å². The highest BCUT2D eigenvalue weighted by Crippen LogP contribution is 2.33. The number of alkyl halides is 3. The van der Waals surface area contributed by atoms with Gasteiger partial charge in [0, 0.05) is 5.92 Å². The fraction of sp³-hybridized carbons (Fsp3) is 0.222. The lowest BCUT2D eigenvalue weighted by atomic mass is 9.96. The van der Waals surface area contributed by atoms with E-state index in [2.05, 4.69) is 5.32 Å². The first-order valence-electron chi connectivity index (χ1n) is 7.58. The third-order valence-corrected chi connectivity index (χ3v) is 4.10. The second kappa shape index (κ2) is 7.78. The normalized spacial score (nSPS) is 12.5. The molecule has 0 aliphatic carbocycles. The number of carbonyl (C=O) groups excluding carboxylic acids is 1. The van der Waals surface area contributed by atoms with Crippen LogP contribution in [0.1, 0.15) is 28.4 Å². The maximum atomic E-state index is 13.0. The second-order valence-corrected chi connectivity index (χ2v) is 6.16. The molecule has 0 fully saturated rings. The fourth-order valence-electron chi connectivity index (χ4n) is 2.41. The zero-order valence-corrected chi connectivity index (χ0v) is 14.4. The Labute approximate surface area is 152 Å². The average molecular weight is 386 g/mol. The second-order valence-electron chi connectivity index (χ2n) is 5.75. The van der Waals surface area contributed by atoms with Gasteiger partial charge in [0.15, 0.2) is 0 Å². The maximum Gasteiger partial charge on any atom is 0.416 e. The van der Waals surface area contributed by atoms with E-state index >= 15 is 0 Å². The van der Waals surface area contributed by atoms with Crippen molar-refractivity contribution in [2.75, 3.05) is 5.32 Å². The summed E-state index contributed by atoms with van der Waals surface area (Å²) in [5.74, 6) is -2.54. The Morgan fingerprint density at radius 3 is 2.46 bits per heavy atom. The van der Waals surface area contributed by atoms with Crippen LogP contribution < -0.4 is 5.32 Å². The number of hydrogen-bond donors (Lipinski definition) is 2. The summed E-state index contributed by atoms with van der Waals surface area (Å²) in [6, 6.07) is 8.85. The first-order chi connectivity index (χ1) is 12.1. The minimum absolute atomic E-state index is 0.00744. The summed E-state index contributed by atoms with van der Waals surface area (Å²) in [7, 11) is 0. The van der Waals surface area contributed by atoms with Gasteiger partial charge in [-0.05, 0) is 36.2 Å². The van der Waals surface area contributed by atoms with Gasteiger partial charge in [0.05, 0.1) is 21.8 Å². The highest BCUT2D eigenvalue weighted by atomic mass is 35.5. The van der Waals surface area contributed by atoms with Gasteiger partial charge in [0.2, 0.25) is 5.91 Å². The third kappa shape index (κ3) is 4.76. The van der Waals surface area contributed by atoms with Gasteiger partial charge in [-0.1, -0.05) is 36.7 Å². The van der Waals surface area contributed by atoms with Gasteiger partial charge < -0.3 is 10.4 Å². The van der Waals surface area contributed by atoms with Crippen LogP contribution in [0.2, 0.25) is 5.02 Å². The lowest BCUT2D eigenvalue weighted by molar-refractivity contribution is -0.138. The number of nitrogens with one attached hydrogen (secondary N) is 1. The summed E-state index contributed by atoms with van der Waals surface area (Å²) >= 11 is 5.94. The Bertz CT molecular complexity index is 837. The molecule has 0 bridgehead atoms. The van der Waals surface area contributed by atoms with Gasteiger partial charge in [0.1, 0.15) is 0 Å². The van der Waals surface area contributed by atoms with Gasteiger partial charge >= 0.3 is 12.1 Å². The Hall–Kier alpha value is -2.54. The van der Waals surface area contributed by atoms with Gasteiger partial charge in [-0.25, -0.2) is 4.79 Å². The molecule has 1 unspecified atom stereocenters. The summed E-state index contributed by atoms with van der Waals surface area (Å²) in [6.07, 6.45) is -4.64. The number of anilines is 1. The number of aromatic carboxylic acids is 1. The van der Waals surface area contributed by atoms with Gasteiger partial charge in [0.25, 0.3) is 0 Å². The van der Waals surface area contributed by atoms with Crippen molar-refractivity contribution in [2.45, 2.75) is 19.5 Å². The van der Waals surface area contributed by atoms with Crippen LogP contribution in [0.25, 0.3) is 0 Å². The molecule has 1 amide bonds. The molecule has 138 valence electrons. The molecule has 0 spiro atoms. The summed E-state index contributed by atoms with van der Waals surface area (Å²) in [5.41, 5.74) is -0.758. The van der Waals surface area contributed by atoms with Crippen molar-refractivity contribution in [1.82, 2.24) is 0 Å². The Kier molecular flexibility index (Phi) is 5.92. The topological polar surface area (TPSA) is 66.4 Å². The minimum atomic E-state index is -4.51. The standard InChI is InChI=1S/C18H15ClF3NO3/c1-10(8-11-4-2-3-5-13(11)18(20,21)22)16(24)23-15-9-12(17(25)26)6-7-14(15)19/h2-7,9-10H,8H2,1H3,(H,23,24)(H,25,26). The number of benzene rings is 2. The third-order valence-electron chi connectivity index (χ3n) is 3.77. The molecule has 0 saturated heterocycles. The molecule has 2 N–H and O–H groups in total. The number of halogens is 4. The Balaban J connectivity index is 2.17.